The third kappa shape index (κ3) is 9.18. The Balaban J connectivity index is 1.49. The number of rotatable bonds is 10. The summed E-state index contributed by atoms with van der Waals surface area (Å²) in [6.45, 7) is 7.27. The molecule has 248 valence electrons. The molecule has 47 heavy (non-hydrogen) atoms. The molecule has 1 aliphatic heterocycles. The number of urea groups is 1. The van der Waals surface area contributed by atoms with Crippen molar-refractivity contribution < 1.29 is 33.8 Å². The number of hydrogen-bond acceptors (Lipinski definition) is 6. The highest BCUT2D eigenvalue weighted by Gasteiger charge is 2.42. The molecule has 0 aliphatic carbocycles. The van der Waals surface area contributed by atoms with Crippen LogP contribution in [0.1, 0.15) is 55.1 Å². The van der Waals surface area contributed by atoms with Gasteiger partial charge in [0.15, 0.2) is 5.78 Å². The Labute approximate surface area is 274 Å². The molecule has 1 heterocycles. The lowest BCUT2D eigenvalue weighted by atomic mass is 9.84. The number of piperidine rings is 1. The monoisotopic (exact) mass is 642 g/mol. The van der Waals surface area contributed by atoms with Crippen LogP contribution < -0.4 is 15.5 Å². The average molecular weight is 643 g/mol. The number of benzene rings is 3. The topological polar surface area (TPSA) is 145 Å². The molecule has 0 aromatic heterocycles. The smallest absolute Gasteiger partial charge is 0.410 e. The van der Waals surface area contributed by atoms with Gasteiger partial charge in [-0.25, -0.2) is 14.4 Å². The van der Waals surface area contributed by atoms with Crippen molar-refractivity contribution in [2.75, 3.05) is 29.9 Å². The number of ketones is 1. The number of nitrogens with zero attached hydrogens (tertiary/aromatic N) is 2. The number of carboxylic acids is 1. The Morgan fingerprint density at radius 3 is 2.15 bits per heavy atom. The summed E-state index contributed by atoms with van der Waals surface area (Å²) in [7, 11) is 0. The van der Waals surface area contributed by atoms with E-state index in [9.17, 15) is 29.1 Å². The molecule has 1 atom stereocenters. The van der Waals surface area contributed by atoms with Gasteiger partial charge < -0.3 is 25.4 Å². The zero-order valence-corrected chi connectivity index (χ0v) is 27.2. The molecule has 4 rings (SSSR count). The molecule has 0 spiro atoms. The first-order valence-corrected chi connectivity index (χ1v) is 15.6. The van der Waals surface area contributed by atoms with E-state index < -0.39 is 47.9 Å². The average Bonchev–Trinajstić information content (AvgIpc) is 3.05. The molecule has 1 unspecified atom stereocenters. The second-order valence-electron chi connectivity index (χ2n) is 12.7. The van der Waals surface area contributed by atoms with Crippen molar-refractivity contribution in [2.45, 2.75) is 53.2 Å². The number of para-hydroxylation sites is 1. The van der Waals surface area contributed by atoms with E-state index in [0.717, 1.165) is 16.0 Å². The van der Waals surface area contributed by atoms with Crippen molar-refractivity contribution >= 4 is 41.2 Å². The van der Waals surface area contributed by atoms with Crippen LogP contribution in [0.2, 0.25) is 0 Å². The second-order valence-corrected chi connectivity index (χ2v) is 12.7. The summed E-state index contributed by atoms with van der Waals surface area (Å²) < 4.78 is 5.45. The number of hydrogen-bond donors (Lipinski definition) is 3. The fourth-order valence-corrected chi connectivity index (χ4v) is 5.59. The van der Waals surface area contributed by atoms with E-state index in [1.54, 1.807) is 62.1 Å². The van der Waals surface area contributed by atoms with Gasteiger partial charge >= 0.3 is 18.1 Å². The molecule has 0 saturated carbocycles. The number of amides is 4. The highest BCUT2D eigenvalue weighted by molar-refractivity contribution is 6.09. The molecule has 11 nitrogen and oxygen atoms in total. The summed E-state index contributed by atoms with van der Waals surface area (Å²) in [5.41, 5.74) is 1.83. The minimum absolute atomic E-state index is 0.148. The standard InChI is InChI=1S/C36H42N4O7/c1-24-14-16-27(17-15-24)38-34(45)37-22-30(41)40(32(33(43)44)36(2,3)4)29-13-9-8-12-28(29)31(42)26-18-20-39(21-19-26)35(46)47-23-25-10-6-5-7-11-25/h5-17,26,32H,18-23H2,1-4H3,(H,43,44)(H2,37,38,45). The third-order valence-corrected chi connectivity index (χ3v) is 8.05. The predicted octanol–water partition coefficient (Wildman–Crippen LogP) is 5.88. The predicted molar refractivity (Wildman–Crippen MR) is 178 cm³/mol. The van der Waals surface area contributed by atoms with Gasteiger partial charge in [0.25, 0.3) is 0 Å². The van der Waals surface area contributed by atoms with Crippen molar-refractivity contribution in [3.63, 3.8) is 0 Å². The first-order chi connectivity index (χ1) is 22.3. The molecular formula is C36H42N4O7. The Bertz CT molecular complexity index is 1580. The van der Waals surface area contributed by atoms with Gasteiger partial charge in [-0.3, -0.25) is 14.5 Å². The molecule has 0 radical (unpaired) electrons. The number of ether oxygens (including phenoxy) is 1. The van der Waals surface area contributed by atoms with Crippen LogP contribution in [0.5, 0.6) is 0 Å². The molecule has 3 aromatic carbocycles. The third-order valence-electron chi connectivity index (χ3n) is 8.05. The Hall–Kier alpha value is -5.19. The number of aliphatic carboxylic acids is 1. The molecule has 3 N–H and O–H groups in total. The number of carbonyl (C=O) groups is 5. The number of nitrogens with one attached hydrogen (secondary N) is 2. The van der Waals surface area contributed by atoms with Crippen LogP contribution in [0.3, 0.4) is 0 Å². The van der Waals surface area contributed by atoms with Crippen LogP contribution in [0.15, 0.2) is 78.9 Å². The van der Waals surface area contributed by atoms with E-state index in [2.05, 4.69) is 10.6 Å². The van der Waals surface area contributed by atoms with Gasteiger partial charge in [-0.05, 0) is 55.0 Å². The summed E-state index contributed by atoms with van der Waals surface area (Å²) in [6, 6.07) is 20.9. The maximum Gasteiger partial charge on any atom is 0.410 e. The molecule has 4 amide bonds. The molecule has 1 aliphatic rings. The van der Waals surface area contributed by atoms with Gasteiger partial charge in [-0.2, -0.15) is 0 Å². The van der Waals surface area contributed by atoms with Gasteiger partial charge in [0.05, 0.1) is 12.2 Å². The van der Waals surface area contributed by atoms with E-state index in [-0.39, 0.29) is 23.6 Å². The van der Waals surface area contributed by atoms with E-state index in [0.29, 0.717) is 31.6 Å². The molecule has 1 fully saturated rings. The summed E-state index contributed by atoms with van der Waals surface area (Å²) >= 11 is 0. The molecule has 0 bridgehead atoms. The lowest BCUT2D eigenvalue weighted by Gasteiger charge is -2.38. The minimum atomic E-state index is -1.35. The van der Waals surface area contributed by atoms with Crippen LogP contribution in [0, 0.1) is 18.3 Å². The number of aryl methyl sites for hydroxylation is 1. The van der Waals surface area contributed by atoms with Crippen molar-refractivity contribution in [1.82, 2.24) is 10.2 Å². The van der Waals surface area contributed by atoms with Crippen LogP contribution in [0.25, 0.3) is 0 Å². The Morgan fingerprint density at radius 1 is 0.915 bits per heavy atom. The van der Waals surface area contributed by atoms with E-state index >= 15 is 0 Å². The molecule has 1 saturated heterocycles. The van der Waals surface area contributed by atoms with Crippen molar-refractivity contribution in [3.8, 4) is 0 Å². The zero-order chi connectivity index (χ0) is 34.1. The first kappa shape index (κ1) is 34.7. The Morgan fingerprint density at radius 2 is 1.53 bits per heavy atom. The quantitative estimate of drug-likeness (QED) is 0.234. The van der Waals surface area contributed by atoms with E-state index in [1.165, 1.54) is 0 Å². The van der Waals surface area contributed by atoms with E-state index in [1.807, 2.05) is 49.4 Å². The van der Waals surface area contributed by atoms with Crippen LogP contribution >= 0.6 is 0 Å². The number of Topliss-reactive ketones (excluding diaryl/α,β-unsaturated/α-hetero) is 1. The zero-order valence-electron chi connectivity index (χ0n) is 27.2. The molecule has 3 aromatic rings. The fourth-order valence-electron chi connectivity index (χ4n) is 5.59. The highest BCUT2D eigenvalue weighted by Crippen LogP contribution is 2.34. The fraction of sp³-hybridized carbons (Fsp3) is 0.361. The van der Waals surface area contributed by atoms with Crippen molar-refractivity contribution in [2.24, 2.45) is 11.3 Å². The summed E-state index contributed by atoms with van der Waals surface area (Å²) in [5.74, 6) is -2.65. The van der Waals surface area contributed by atoms with Crippen LogP contribution in [-0.2, 0) is 20.9 Å². The highest BCUT2D eigenvalue weighted by atomic mass is 16.6. The summed E-state index contributed by atoms with van der Waals surface area (Å²) in [6.07, 6.45) is 0.304. The van der Waals surface area contributed by atoms with Crippen LogP contribution in [0.4, 0.5) is 21.0 Å². The van der Waals surface area contributed by atoms with Crippen molar-refractivity contribution in [3.05, 3.63) is 95.6 Å². The van der Waals surface area contributed by atoms with Crippen LogP contribution in [-0.4, -0.2) is 65.5 Å². The van der Waals surface area contributed by atoms with Crippen molar-refractivity contribution in [1.29, 1.82) is 0 Å². The maximum atomic E-state index is 14.0. The van der Waals surface area contributed by atoms with Gasteiger partial charge in [-0.15, -0.1) is 0 Å². The lowest BCUT2D eigenvalue weighted by Crippen LogP contribution is -2.55. The summed E-state index contributed by atoms with van der Waals surface area (Å²) in [4.78, 5) is 68.5. The normalized spacial score (nSPS) is 14.1. The second kappa shape index (κ2) is 15.4. The number of likely N-dealkylation sites (tertiary alicyclic amines) is 1. The lowest BCUT2D eigenvalue weighted by molar-refractivity contribution is -0.142. The minimum Gasteiger partial charge on any atom is -0.480 e. The number of carbonyl (C=O) groups excluding carboxylic acids is 4. The number of anilines is 2. The molecular weight excluding hydrogens is 600 g/mol. The van der Waals surface area contributed by atoms with Gasteiger partial charge in [-0.1, -0.05) is 80.9 Å². The number of carboxylic acid groups (broad SMARTS) is 1. The first-order valence-electron chi connectivity index (χ1n) is 15.6. The molecule has 11 heteroatoms. The van der Waals surface area contributed by atoms with E-state index in [4.69, 9.17) is 4.74 Å². The van der Waals surface area contributed by atoms with Gasteiger partial charge in [0.2, 0.25) is 5.91 Å². The maximum absolute atomic E-state index is 14.0. The van der Waals surface area contributed by atoms with Gasteiger partial charge in [0, 0.05) is 30.3 Å². The largest absolute Gasteiger partial charge is 0.480 e. The Kier molecular flexibility index (Phi) is 11.4. The van der Waals surface area contributed by atoms with Gasteiger partial charge in [0.1, 0.15) is 12.6 Å². The summed E-state index contributed by atoms with van der Waals surface area (Å²) in [5, 5.41) is 15.5. The SMILES string of the molecule is Cc1ccc(NC(=O)NCC(=O)N(c2ccccc2C(=O)C2CCN(C(=O)OCc3ccccc3)CC2)C(C(=O)O)C(C)(C)C)cc1.